The molecule has 1 aliphatic rings. The molecule has 1 unspecified atom stereocenters. The number of rotatable bonds is 4. The number of hydrogen-bond acceptors (Lipinski definition) is 4. The molecule has 0 aliphatic carbocycles. The van der Waals surface area contributed by atoms with Crippen LogP contribution in [0.3, 0.4) is 0 Å². The molecule has 2 heterocycles. The number of nitrogens with zero attached hydrogens (tertiary/aromatic N) is 1. The number of thiophene rings is 1. The van der Waals surface area contributed by atoms with Gasteiger partial charge >= 0.3 is 0 Å². The summed E-state index contributed by atoms with van der Waals surface area (Å²) in [6, 6.07) is 4.21. The highest BCUT2D eigenvalue weighted by molar-refractivity contribution is 7.12. The Bertz CT molecular complexity index is 432. The summed E-state index contributed by atoms with van der Waals surface area (Å²) in [7, 11) is 1.79. The molecule has 3 nitrogen and oxygen atoms in total. The summed E-state index contributed by atoms with van der Waals surface area (Å²) in [4.78, 5) is 4.85. The van der Waals surface area contributed by atoms with Crippen molar-refractivity contribution in [2.75, 3.05) is 26.8 Å². The second-order valence-corrected chi connectivity index (χ2v) is 5.59. The van der Waals surface area contributed by atoms with Gasteiger partial charge < -0.3 is 9.84 Å². The van der Waals surface area contributed by atoms with Crippen molar-refractivity contribution in [2.45, 2.75) is 25.5 Å². The predicted molar refractivity (Wildman–Crippen MR) is 73.6 cm³/mol. The average Bonchev–Trinajstić information content (AvgIpc) is 3.00. The highest BCUT2D eigenvalue weighted by Crippen LogP contribution is 2.20. The van der Waals surface area contributed by atoms with Crippen LogP contribution in [0.15, 0.2) is 12.1 Å². The molecule has 2 rings (SSSR count). The molecule has 0 saturated carbocycles. The fourth-order valence-corrected chi connectivity index (χ4v) is 3.01. The van der Waals surface area contributed by atoms with E-state index in [-0.39, 0.29) is 6.61 Å². The standard InChI is InChI=1S/C14H19NO2S/c1-17-12-7-8-15(10-12)11-14-6-5-13(18-14)4-2-3-9-16/h5-6,12,16H,3,7-11H2,1H3. The first-order chi connectivity index (χ1) is 8.81. The third kappa shape index (κ3) is 3.82. The molecule has 1 fully saturated rings. The van der Waals surface area contributed by atoms with Gasteiger partial charge in [0.1, 0.15) is 0 Å². The highest BCUT2D eigenvalue weighted by Gasteiger charge is 2.22. The van der Waals surface area contributed by atoms with Gasteiger partial charge in [0.25, 0.3) is 0 Å². The molecule has 1 N–H and O–H groups in total. The van der Waals surface area contributed by atoms with E-state index < -0.39 is 0 Å². The average molecular weight is 265 g/mol. The van der Waals surface area contributed by atoms with Crippen LogP contribution in [0.1, 0.15) is 22.6 Å². The normalized spacial score (nSPS) is 19.8. The maximum absolute atomic E-state index is 8.67. The maximum atomic E-state index is 8.67. The van der Waals surface area contributed by atoms with Crippen LogP contribution in [0.5, 0.6) is 0 Å². The molecule has 1 aromatic rings. The minimum atomic E-state index is 0.136. The molecular weight excluding hydrogens is 246 g/mol. The Kier molecular flexibility index (Phi) is 5.21. The first kappa shape index (κ1) is 13.6. The summed E-state index contributed by atoms with van der Waals surface area (Å²) >= 11 is 1.74. The maximum Gasteiger partial charge on any atom is 0.0771 e. The largest absolute Gasteiger partial charge is 0.395 e. The van der Waals surface area contributed by atoms with E-state index in [9.17, 15) is 0 Å². The lowest BCUT2D eigenvalue weighted by Crippen LogP contribution is -2.21. The Balaban J connectivity index is 1.86. The molecule has 98 valence electrons. The number of hydrogen-bond donors (Lipinski definition) is 1. The number of ether oxygens (including phenoxy) is 1. The van der Waals surface area contributed by atoms with Gasteiger partial charge in [-0.3, -0.25) is 4.90 Å². The van der Waals surface area contributed by atoms with E-state index in [4.69, 9.17) is 9.84 Å². The van der Waals surface area contributed by atoms with Gasteiger partial charge in [0.05, 0.1) is 17.6 Å². The zero-order valence-electron chi connectivity index (χ0n) is 10.7. The summed E-state index contributed by atoms with van der Waals surface area (Å²) in [5.41, 5.74) is 0. The summed E-state index contributed by atoms with van der Waals surface area (Å²) in [6.07, 6.45) is 2.08. The quantitative estimate of drug-likeness (QED) is 0.841. The fourth-order valence-electron chi connectivity index (χ4n) is 2.09. The number of methoxy groups -OCH3 is 1. The summed E-state index contributed by atoms with van der Waals surface area (Å²) < 4.78 is 5.37. The van der Waals surface area contributed by atoms with Crippen LogP contribution < -0.4 is 0 Å². The van der Waals surface area contributed by atoms with Crippen molar-refractivity contribution in [3.8, 4) is 11.8 Å². The van der Waals surface area contributed by atoms with E-state index >= 15 is 0 Å². The first-order valence-corrected chi connectivity index (χ1v) is 7.07. The Morgan fingerprint density at radius 3 is 3.17 bits per heavy atom. The van der Waals surface area contributed by atoms with Gasteiger partial charge in [-0.15, -0.1) is 11.3 Å². The lowest BCUT2D eigenvalue weighted by atomic mass is 10.3. The lowest BCUT2D eigenvalue weighted by Gasteiger charge is -2.13. The summed E-state index contributed by atoms with van der Waals surface area (Å²) in [5, 5.41) is 8.67. The second kappa shape index (κ2) is 6.91. The van der Waals surface area contributed by atoms with Gasteiger partial charge in [0, 0.05) is 38.0 Å². The Labute approximate surface area is 112 Å². The second-order valence-electron chi connectivity index (χ2n) is 4.42. The van der Waals surface area contributed by atoms with Crippen molar-refractivity contribution in [1.29, 1.82) is 0 Å². The van der Waals surface area contributed by atoms with Crippen molar-refractivity contribution < 1.29 is 9.84 Å². The van der Waals surface area contributed by atoms with Crippen LogP contribution in [0.4, 0.5) is 0 Å². The van der Waals surface area contributed by atoms with Crippen molar-refractivity contribution >= 4 is 11.3 Å². The molecule has 0 radical (unpaired) electrons. The predicted octanol–water partition coefficient (Wildman–Crippen LogP) is 1.70. The number of likely N-dealkylation sites (tertiary alicyclic amines) is 1. The molecule has 0 bridgehead atoms. The van der Waals surface area contributed by atoms with Crippen molar-refractivity contribution in [1.82, 2.24) is 4.90 Å². The number of aliphatic hydroxyl groups excluding tert-OH is 1. The topological polar surface area (TPSA) is 32.7 Å². The van der Waals surface area contributed by atoms with E-state index in [2.05, 4.69) is 28.9 Å². The van der Waals surface area contributed by atoms with Crippen LogP contribution in [-0.4, -0.2) is 42.9 Å². The Morgan fingerprint density at radius 2 is 2.44 bits per heavy atom. The van der Waals surface area contributed by atoms with E-state index in [1.54, 1.807) is 18.4 Å². The van der Waals surface area contributed by atoms with Crippen LogP contribution in [-0.2, 0) is 11.3 Å². The minimum Gasteiger partial charge on any atom is -0.395 e. The minimum absolute atomic E-state index is 0.136. The van der Waals surface area contributed by atoms with Gasteiger partial charge in [-0.1, -0.05) is 11.8 Å². The third-order valence-electron chi connectivity index (χ3n) is 3.05. The Morgan fingerprint density at radius 1 is 1.56 bits per heavy atom. The SMILES string of the molecule is COC1CCN(Cc2ccc(C#CCCO)s2)C1. The van der Waals surface area contributed by atoms with E-state index in [1.807, 2.05) is 0 Å². The summed E-state index contributed by atoms with van der Waals surface area (Å²) in [6.45, 7) is 3.27. The third-order valence-corrected chi connectivity index (χ3v) is 4.04. The highest BCUT2D eigenvalue weighted by atomic mass is 32.1. The van der Waals surface area contributed by atoms with E-state index in [0.29, 0.717) is 12.5 Å². The number of aliphatic hydroxyl groups is 1. The molecule has 18 heavy (non-hydrogen) atoms. The Hall–Kier alpha value is -0.860. The summed E-state index contributed by atoms with van der Waals surface area (Å²) in [5.74, 6) is 6.03. The molecule has 4 heteroatoms. The zero-order chi connectivity index (χ0) is 12.8. The van der Waals surface area contributed by atoms with Crippen LogP contribution >= 0.6 is 11.3 Å². The van der Waals surface area contributed by atoms with Gasteiger partial charge in [-0.2, -0.15) is 0 Å². The molecule has 1 aromatic heterocycles. The molecule has 0 spiro atoms. The van der Waals surface area contributed by atoms with E-state index in [0.717, 1.165) is 30.9 Å². The molecule has 1 saturated heterocycles. The van der Waals surface area contributed by atoms with Crippen molar-refractivity contribution in [3.05, 3.63) is 21.9 Å². The van der Waals surface area contributed by atoms with Gasteiger partial charge in [-0.25, -0.2) is 0 Å². The molecule has 0 aromatic carbocycles. The zero-order valence-corrected chi connectivity index (χ0v) is 11.5. The smallest absolute Gasteiger partial charge is 0.0771 e. The van der Waals surface area contributed by atoms with Crippen LogP contribution in [0, 0.1) is 11.8 Å². The van der Waals surface area contributed by atoms with Crippen LogP contribution in [0.25, 0.3) is 0 Å². The van der Waals surface area contributed by atoms with Crippen molar-refractivity contribution in [3.63, 3.8) is 0 Å². The molecule has 1 aliphatic heterocycles. The molecule has 1 atom stereocenters. The lowest BCUT2D eigenvalue weighted by molar-refractivity contribution is 0.107. The monoisotopic (exact) mass is 265 g/mol. The van der Waals surface area contributed by atoms with Gasteiger partial charge in [-0.05, 0) is 18.6 Å². The molecular formula is C14H19NO2S. The van der Waals surface area contributed by atoms with Gasteiger partial charge in [0.2, 0.25) is 0 Å². The van der Waals surface area contributed by atoms with Crippen LogP contribution in [0.2, 0.25) is 0 Å². The van der Waals surface area contributed by atoms with Crippen molar-refractivity contribution in [2.24, 2.45) is 0 Å². The van der Waals surface area contributed by atoms with E-state index in [1.165, 1.54) is 4.88 Å². The fraction of sp³-hybridized carbons (Fsp3) is 0.571. The molecule has 0 amide bonds. The first-order valence-electron chi connectivity index (χ1n) is 6.25. The van der Waals surface area contributed by atoms with Gasteiger partial charge in [0.15, 0.2) is 0 Å².